The number of ether oxygens (including phenoxy) is 1. The molecule has 21 heavy (non-hydrogen) atoms. The molecule has 0 spiro atoms. The van der Waals surface area contributed by atoms with Crippen molar-refractivity contribution in [2.75, 3.05) is 13.2 Å². The summed E-state index contributed by atoms with van der Waals surface area (Å²) >= 11 is 1.69. The molecule has 1 N–H and O–H groups in total. The van der Waals surface area contributed by atoms with Gasteiger partial charge in [-0.3, -0.25) is 10.1 Å². The Morgan fingerprint density at radius 1 is 1.52 bits per heavy atom. The molecule has 0 radical (unpaired) electrons. The van der Waals surface area contributed by atoms with Gasteiger partial charge in [0.1, 0.15) is 6.17 Å². The first kappa shape index (κ1) is 15.0. The Hall–Kier alpha value is -0.910. The van der Waals surface area contributed by atoms with Gasteiger partial charge >= 0.3 is 0 Å². The highest BCUT2D eigenvalue weighted by Gasteiger charge is 2.43. The number of unbranched alkanes of at least 4 members (excludes halogenated alkanes) is 1. The minimum Gasteiger partial charge on any atom is -0.379 e. The highest BCUT2D eigenvalue weighted by atomic mass is 32.1. The third kappa shape index (κ3) is 3.15. The predicted octanol–water partition coefficient (Wildman–Crippen LogP) is 2.92. The van der Waals surface area contributed by atoms with Crippen LogP contribution < -0.4 is 5.32 Å². The molecule has 2 fully saturated rings. The second kappa shape index (κ2) is 6.90. The van der Waals surface area contributed by atoms with E-state index in [1.807, 2.05) is 0 Å². The van der Waals surface area contributed by atoms with Crippen molar-refractivity contribution in [3.63, 3.8) is 0 Å². The highest BCUT2D eigenvalue weighted by molar-refractivity contribution is 7.07. The molecule has 3 unspecified atom stereocenters. The molecular formula is C16H24N2O2S. The van der Waals surface area contributed by atoms with Gasteiger partial charge in [-0.2, -0.15) is 11.3 Å². The first-order valence-electron chi connectivity index (χ1n) is 7.99. The Bertz CT molecular complexity index is 457. The third-order valence-electron chi connectivity index (χ3n) is 4.42. The molecule has 1 aromatic rings. The molecule has 0 bridgehead atoms. The number of nitrogens with one attached hydrogen (secondary N) is 1. The smallest absolute Gasteiger partial charge is 0.241 e. The Morgan fingerprint density at radius 2 is 2.43 bits per heavy atom. The van der Waals surface area contributed by atoms with E-state index >= 15 is 0 Å². The van der Waals surface area contributed by atoms with Crippen molar-refractivity contribution in [1.29, 1.82) is 0 Å². The van der Waals surface area contributed by atoms with E-state index in [2.05, 4.69) is 34.0 Å². The predicted molar refractivity (Wildman–Crippen MR) is 84.2 cm³/mol. The second-order valence-electron chi connectivity index (χ2n) is 5.94. The van der Waals surface area contributed by atoms with Gasteiger partial charge in [0.05, 0.1) is 18.7 Å². The number of hydrogen-bond acceptors (Lipinski definition) is 4. The highest BCUT2D eigenvalue weighted by Crippen LogP contribution is 2.32. The molecule has 0 aromatic carbocycles. The van der Waals surface area contributed by atoms with Gasteiger partial charge in [-0.15, -0.1) is 0 Å². The van der Waals surface area contributed by atoms with E-state index in [-0.39, 0.29) is 24.2 Å². The summed E-state index contributed by atoms with van der Waals surface area (Å²) in [6.07, 6.45) is 5.27. The lowest BCUT2D eigenvalue weighted by Crippen LogP contribution is -2.44. The lowest BCUT2D eigenvalue weighted by Gasteiger charge is -2.34. The Morgan fingerprint density at radius 3 is 3.10 bits per heavy atom. The van der Waals surface area contributed by atoms with E-state index in [0.29, 0.717) is 6.61 Å². The fourth-order valence-electron chi connectivity index (χ4n) is 3.29. The molecule has 5 heteroatoms. The maximum Gasteiger partial charge on any atom is 0.241 e. The van der Waals surface area contributed by atoms with Gasteiger partial charge in [0, 0.05) is 6.61 Å². The van der Waals surface area contributed by atoms with Crippen LogP contribution in [0.5, 0.6) is 0 Å². The van der Waals surface area contributed by atoms with Crippen LogP contribution in [0.2, 0.25) is 0 Å². The maximum absolute atomic E-state index is 12.8. The summed E-state index contributed by atoms with van der Waals surface area (Å²) in [6, 6.07) is 2.31. The first-order chi connectivity index (χ1) is 10.3. The summed E-state index contributed by atoms with van der Waals surface area (Å²) in [7, 11) is 0. The van der Waals surface area contributed by atoms with Crippen LogP contribution in [0.25, 0.3) is 0 Å². The fourth-order valence-corrected chi connectivity index (χ4v) is 3.96. The Labute approximate surface area is 130 Å². The van der Waals surface area contributed by atoms with Crippen molar-refractivity contribution in [3.05, 3.63) is 22.4 Å². The molecule has 116 valence electrons. The van der Waals surface area contributed by atoms with Gasteiger partial charge in [-0.25, -0.2) is 0 Å². The molecule has 1 aromatic heterocycles. The maximum atomic E-state index is 12.8. The van der Waals surface area contributed by atoms with Gasteiger partial charge in [0.2, 0.25) is 5.91 Å². The van der Waals surface area contributed by atoms with Crippen molar-refractivity contribution in [2.24, 2.45) is 0 Å². The average molecular weight is 308 g/mol. The van der Waals surface area contributed by atoms with E-state index in [9.17, 15) is 4.79 Å². The molecule has 0 aliphatic carbocycles. The number of carbonyl (C=O) groups excluding carboxylic acids is 1. The zero-order chi connectivity index (χ0) is 14.7. The summed E-state index contributed by atoms with van der Waals surface area (Å²) in [4.78, 5) is 14.9. The Balaban J connectivity index is 1.79. The van der Waals surface area contributed by atoms with Crippen LogP contribution in [-0.2, 0) is 9.53 Å². The molecular weight excluding hydrogens is 284 g/mol. The number of thiophene rings is 1. The molecule has 0 saturated carbocycles. The van der Waals surface area contributed by atoms with E-state index in [1.54, 1.807) is 11.3 Å². The van der Waals surface area contributed by atoms with Crippen molar-refractivity contribution in [1.82, 2.24) is 10.2 Å². The largest absolute Gasteiger partial charge is 0.379 e. The molecule has 3 heterocycles. The zero-order valence-electron chi connectivity index (χ0n) is 12.6. The van der Waals surface area contributed by atoms with E-state index < -0.39 is 0 Å². The van der Waals surface area contributed by atoms with Gasteiger partial charge in [-0.1, -0.05) is 19.8 Å². The summed E-state index contributed by atoms with van der Waals surface area (Å²) < 4.78 is 5.61. The SMILES string of the molecule is CCCCC1NC(c2ccsc2)N(C2CCCOC2)C1=O. The molecule has 2 aliphatic heterocycles. The zero-order valence-corrected chi connectivity index (χ0v) is 13.4. The molecule has 1 amide bonds. The first-order valence-corrected chi connectivity index (χ1v) is 8.93. The summed E-state index contributed by atoms with van der Waals surface area (Å²) in [5.41, 5.74) is 1.21. The Kier molecular flexibility index (Phi) is 4.93. The van der Waals surface area contributed by atoms with E-state index in [4.69, 9.17) is 4.74 Å². The van der Waals surface area contributed by atoms with Crippen molar-refractivity contribution in [2.45, 2.75) is 57.3 Å². The number of carbonyl (C=O) groups is 1. The van der Waals surface area contributed by atoms with Crippen LogP contribution in [0.3, 0.4) is 0 Å². The van der Waals surface area contributed by atoms with Crippen molar-refractivity contribution in [3.8, 4) is 0 Å². The summed E-state index contributed by atoms with van der Waals surface area (Å²) in [5.74, 6) is 0.259. The van der Waals surface area contributed by atoms with Crippen LogP contribution in [0, 0.1) is 0 Å². The van der Waals surface area contributed by atoms with Crippen LogP contribution in [0.4, 0.5) is 0 Å². The van der Waals surface area contributed by atoms with Crippen LogP contribution in [-0.4, -0.2) is 36.1 Å². The molecule has 2 aliphatic rings. The fraction of sp³-hybridized carbons (Fsp3) is 0.688. The standard InChI is InChI=1S/C16H24N2O2S/c1-2-3-6-14-16(19)18(13-5-4-8-20-10-13)15(17-14)12-7-9-21-11-12/h7,9,11,13-15,17H,2-6,8,10H2,1H3. The van der Waals surface area contributed by atoms with E-state index in [1.165, 1.54) is 5.56 Å². The van der Waals surface area contributed by atoms with Gasteiger partial charge in [-0.05, 0) is 41.7 Å². The van der Waals surface area contributed by atoms with Gasteiger partial charge in [0.25, 0.3) is 0 Å². The van der Waals surface area contributed by atoms with Crippen molar-refractivity contribution < 1.29 is 9.53 Å². The lowest BCUT2D eigenvalue weighted by atomic mass is 10.1. The molecule has 2 saturated heterocycles. The van der Waals surface area contributed by atoms with Crippen molar-refractivity contribution >= 4 is 17.2 Å². The second-order valence-corrected chi connectivity index (χ2v) is 6.72. The number of hydrogen-bond donors (Lipinski definition) is 1. The summed E-state index contributed by atoms with van der Waals surface area (Å²) in [5, 5.41) is 7.78. The van der Waals surface area contributed by atoms with Crippen LogP contribution in [0.1, 0.15) is 50.8 Å². The topological polar surface area (TPSA) is 41.6 Å². The monoisotopic (exact) mass is 308 g/mol. The number of nitrogens with zero attached hydrogens (tertiary/aromatic N) is 1. The van der Waals surface area contributed by atoms with Gasteiger partial charge in [0.15, 0.2) is 0 Å². The number of amides is 1. The molecule has 3 atom stereocenters. The molecule has 3 rings (SSSR count). The minimum atomic E-state index is -0.0308. The van der Waals surface area contributed by atoms with Crippen LogP contribution in [0.15, 0.2) is 16.8 Å². The summed E-state index contributed by atoms with van der Waals surface area (Å²) in [6.45, 7) is 3.67. The molecule has 4 nitrogen and oxygen atoms in total. The van der Waals surface area contributed by atoms with Crippen LogP contribution >= 0.6 is 11.3 Å². The normalized spacial score (nSPS) is 30.0. The minimum absolute atomic E-state index is 0.0253. The average Bonchev–Trinajstić information content (AvgIpc) is 3.14. The third-order valence-corrected chi connectivity index (χ3v) is 5.13. The quantitative estimate of drug-likeness (QED) is 0.909. The lowest BCUT2D eigenvalue weighted by molar-refractivity contribution is -0.135. The number of rotatable bonds is 5. The van der Waals surface area contributed by atoms with E-state index in [0.717, 1.165) is 38.7 Å². The van der Waals surface area contributed by atoms with Gasteiger partial charge < -0.3 is 9.64 Å².